The number of carbonyl (C=O) groups excluding carboxylic acids is 1. The van der Waals surface area contributed by atoms with Gasteiger partial charge in [0.2, 0.25) is 5.91 Å². The van der Waals surface area contributed by atoms with E-state index in [1.807, 2.05) is 0 Å². The van der Waals surface area contributed by atoms with Crippen molar-refractivity contribution in [3.05, 3.63) is 48.0 Å². The summed E-state index contributed by atoms with van der Waals surface area (Å²) >= 11 is 0.975. The second-order valence-corrected chi connectivity index (χ2v) is 5.00. The van der Waals surface area contributed by atoms with Gasteiger partial charge in [0.25, 0.3) is 0 Å². The smallest absolute Gasteiger partial charge is 0.325 e. The van der Waals surface area contributed by atoms with Crippen LogP contribution in [0.1, 0.15) is 5.56 Å². The topological polar surface area (TPSA) is 54.9 Å². The molecule has 2 aromatic rings. The molecule has 116 valence electrons. The normalized spacial score (nSPS) is 11.3. The number of benzene rings is 1. The number of nitrogens with one attached hydrogen (secondary N) is 1. The molecule has 0 bridgehead atoms. The van der Waals surface area contributed by atoms with Crippen LogP contribution in [-0.4, -0.2) is 21.6 Å². The predicted molar refractivity (Wildman–Crippen MR) is 72.8 cm³/mol. The van der Waals surface area contributed by atoms with Gasteiger partial charge in [0.15, 0.2) is 5.16 Å². The Balaban J connectivity index is 2.06. The van der Waals surface area contributed by atoms with Crippen molar-refractivity contribution in [1.82, 2.24) is 9.97 Å². The number of hydrogen-bond donors (Lipinski definition) is 1. The minimum atomic E-state index is -4.76. The molecule has 0 spiro atoms. The van der Waals surface area contributed by atoms with Gasteiger partial charge in [0.05, 0.1) is 17.0 Å². The Hall–Kier alpha value is -2.16. The number of rotatable bonds is 4. The van der Waals surface area contributed by atoms with Crippen molar-refractivity contribution in [3.63, 3.8) is 0 Å². The Kier molecular flexibility index (Phi) is 4.96. The quantitative estimate of drug-likeness (QED) is 0.530. The Morgan fingerprint density at radius 2 is 1.91 bits per heavy atom. The molecule has 1 N–H and O–H groups in total. The highest BCUT2D eigenvalue weighted by molar-refractivity contribution is 7.99. The van der Waals surface area contributed by atoms with Gasteiger partial charge in [-0.25, -0.2) is 14.4 Å². The summed E-state index contributed by atoms with van der Waals surface area (Å²) in [5.41, 5.74) is -1.73. The van der Waals surface area contributed by atoms with Gasteiger partial charge in [-0.05, 0) is 24.3 Å². The molecule has 1 amide bonds. The number of nitrogens with zero attached hydrogens (tertiary/aromatic N) is 2. The Bertz CT molecular complexity index is 664. The maximum atomic E-state index is 13.0. The van der Waals surface area contributed by atoms with Crippen molar-refractivity contribution < 1.29 is 22.4 Å². The minimum Gasteiger partial charge on any atom is -0.325 e. The molecule has 1 heterocycles. The van der Waals surface area contributed by atoms with E-state index in [9.17, 15) is 22.4 Å². The standard InChI is InChI=1S/C13H9F4N3OS/c14-8-2-3-10(9(6-8)13(15,16)17)20-11(21)7-22-12-18-4-1-5-19-12/h1-6H,7H2,(H,20,21). The number of halogens is 4. The Morgan fingerprint density at radius 1 is 1.23 bits per heavy atom. The molecular formula is C13H9F4N3OS. The number of amides is 1. The number of anilines is 1. The van der Waals surface area contributed by atoms with Gasteiger partial charge in [-0.3, -0.25) is 4.79 Å². The van der Waals surface area contributed by atoms with Crippen LogP contribution in [0.25, 0.3) is 0 Å². The van der Waals surface area contributed by atoms with E-state index in [4.69, 9.17) is 0 Å². The van der Waals surface area contributed by atoms with Gasteiger partial charge in [-0.15, -0.1) is 0 Å². The molecule has 0 atom stereocenters. The maximum absolute atomic E-state index is 13.0. The van der Waals surface area contributed by atoms with Crippen molar-refractivity contribution >= 4 is 23.4 Å². The molecule has 9 heteroatoms. The van der Waals surface area contributed by atoms with Gasteiger partial charge >= 0.3 is 6.18 Å². The first-order valence-corrected chi connectivity index (χ1v) is 6.91. The van der Waals surface area contributed by atoms with Gasteiger partial charge in [0.1, 0.15) is 5.82 Å². The van der Waals surface area contributed by atoms with Crippen molar-refractivity contribution in [2.24, 2.45) is 0 Å². The zero-order chi connectivity index (χ0) is 16.2. The van der Waals surface area contributed by atoms with Crippen LogP contribution in [0.3, 0.4) is 0 Å². The minimum absolute atomic E-state index is 0.168. The summed E-state index contributed by atoms with van der Waals surface area (Å²) in [6.07, 6.45) is -1.80. The van der Waals surface area contributed by atoms with Crippen LogP contribution in [0, 0.1) is 5.82 Å². The summed E-state index contributed by atoms with van der Waals surface area (Å²) in [6.45, 7) is 0. The average molecular weight is 331 g/mol. The van der Waals surface area contributed by atoms with Crippen LogP contribution < -0.4 is 5.32 Å². The zero-order valence-corrected chi connectivity index (χ0v) is 11.7. The second kappa shape index (κ2) is 6.73. The predicted octanol–water partition coefficient (Wildman–Crippen LogP) is 3.37. The zero-order valence-electron chi connectivity index (χ0n) is 10.9. The molecule has 0 radical (unpaired) electrons. The van der Waals surface area contributed by atoms with E-state index >= 15 is 0 Å². The number of aromatic nitrogens is 2. The van der Waals surface area contributed by atoms with Crippen LogP contribution in [0.15, 0.2) is 41.8 Å². The average Bonchev–Trinajstić information content (AvgIpc) is 2.47. The fourth-order valence-electron chi connectivity index (χ4n) is 1.54. The largest absolute Gasteiger partial charge is 0.418 e. The third-order valence-corrected chi connectivity index (χ3v) is 3.31. The molecule has 4 nitrogen and oxygen atoms in total. The van der Waals surface area contributed by atoms with Crippen LogP contribution in [0.4, 0.5) is 23.2 Å². The van der Waals surface area contributed by atoms with E-state index < -0.39 is 29.2 Å². The van der Waals surface area contributed by atoms with Crippen LogP contribution >= 0.6 is 11.8 Å². The lowest BCUT2D eigenvalue weighted by Gasteiger charge is -2.13. The fraction of sp³-hybridized carbons (Fsp3) is 0.154. The fourth-order valence-corrected chi connectivity index (χ4v) is 2.14. The van der Waals surface area contributed by atoms with Gasteiger partial charge in [-0.1, -0.05) is 11.8 Å². The number of hydrogen-bond acceptors (Lipinski definition) is 4. The molecular weight excluding hydrogens is 322 g/mol. The summed E-state index contributed by atoms with van der Waals surface area (Å²) in [7, 11) is 0. The molecule has 0 aliphatic rings. The van der Waals surface area contributed by atoms with Gasteiger partial charge in [-0.2, -0.15) is 13.2 Å². The van der Waals surface area contributed by atoms with Crippen molar-refractivity contribution in [1.29, 1.82) is 0 Å². The summed E-state index contributed by atoms with van der Waals surface area (Å²) < 4.78 is 51.3. The molecule has 22 heavy (non-hydrogen) atoms. The highest BCUT2D eigenvalue weighted by Gasteiger charge is 2.34. The number of thioether (sulfide) groups is 1. The maximum Gasteiger partial charge on any atom is 0.418 e. The van der Waals surface area contributed by atoms with E-state index in [1.165, 1.54) is 12.4 Å². The van der Waals surface area contributed by atoms with Gasteiger partial charge in [0, 0.05) is 12.4 Å². The van der Waals surface area contributed by atoms with Crippen molar-refractivity contribution in [2.75, 3.05) is 11.1 Å². The third kappa shape index (κ3) is 4.42. The van der Waals surface area contributed by atoms with Crippen LogP contribution in [0.2, 0.25) is 0 Å². The second-order valence-electron chi connectivity index (χ2n) is 4.06. The summed E-state index contributed by atoms with van der Waals surface area (Å²) in [6, 6.07) is 3.65. The number of carbonyl (C=O) groups is 1. The first-order chi connectivity index (χ1) is 10.4. The van der Waals surface area contributed by atoms with E-state index in [0.29, 0.717) is 11.2 Å². The Labute approximate surface area is 127 Å². The molecule has 1 aromatic carbocycles. The summed E-state index contributed by atoms with van der Waals surface area (Å²) in [5.74, 6) is -1.87. The first-order valence-electron chi connectivity index (χ1n) is 5.92. The molecule has 0 unspecified atom stereocenters. The number of alkyl halides is 3. The monoisotopic (exact) mass is 331 g/mol. The molecule has 0 aliphatic carbocycles. The molecule has 1 aromatic heterocycles. The van der Waals surface area contributed by atoms with E-state index in [-0.39, 0.29) is 5.75 Å². The first kappa shape index (κ1) is 16.2. The van der Waals surface area contributed by atoms with E-state index in [2.05, 4.69) is 15.3 Å². The Morgan fingerprint density at radius 3 is 2.55 bits per heavy atom. The summed E-state index contributed by atoms with van der Waals surface area (Å²) in [4.78, 5) is 19.4. The molecule has 2 rings (SSSR count). The molecule has 0 aliphatic heterocycles. The lowest BCUT2D eigenvalue weighted by Crippen LogP contribution is -2.18. The molecule has 0 saturated carbocycles. The van der Waals surface area contributed by atoms with Crippen LogP contribution in [0.5, 0.6) is 0 Å². The van der Waals surface area contributed by atoms with Crippen molar-refractivity contribution in [2.45, 2.75) is 11.3 Å². The highest BCUT2D eigenvalue weighted by atomic mass is 32.2. The highest BCUT2D eigenvalue weighted by Crippen LogP contribution is 2.35. The summed E-state index contributed by atoms with van der Waals surface area (Å²) in [5, 5.41) is 2.44. The SMILES string of the molecule is O=C(CSc1ncccn1)Nc1ccc(F)cc1C(F)(F)F. The molecule has 0 saturated heterocycles. The van der Waals surface area contributed by atoms with E-state index in [1.54, 1.807) is 6.07 Å². The molecule has 0 fully saturated rings. The van der Waals surface area contributed by atoms with Crippen LogP contribution in [-0.2, 0) is 11.0 Å². The van der Waals surface area contributed by atoms with Crippen molar-refractivity contribution in [3.8, 4) is 0 Å². The van der Waals surface area contributed by atoms with Gasteiger partial charge < -0.3 is 5.32 Å². The lowest BCUT2D eigenvalue weighted by atomic mass is 10.1. The third-order valence-electron chi connectivity index (χ3n) is 2.44. The lowest BCUT2D eigenvalue weighted by molar-refractivity contribution is -0.137. The van der Waals surface area contributed by atoms with E-state index in [0.717, 1.165) is 23.9 Å².